The molecule has 0 heterocycles. The van der Waals surface area contributed by atoms with E-state index in [2.05, 4.69) is 0 Å². The number of aliphatic hydroxyl groups excluding tert-OH is 1. The molecule has 1 rings (SSSR count). The van der Waals surface area contributed by atoms with Crippen LogP contribution in [0.4, 0.5) is 18.9 Å². The number of rotatable bonds is 4. The normalized spacial score (nSPS) is 13.3. The van der Waals surface area contributed by atoms with E-state index in [0.717, 1.165) is 4.90 Å². The number of alkyl halides is 3. The van der Waals surface area contributed by atoms with Gasteiger partial charge < -0.3 is 14.7 Å². The van der Waals surface area contributed by atoms with Gasteiger partial charge >= 0.3 is 6.18 Å². The molecule has 0 aliphatic carbocycles. The first-order valence-electron chi connectivity index (χ1n) is 5.39. The van der Waals surface area contributed by atoms with Gasteiger partial charge in [0.05, 0.1) is 13.2 Å². The van der Waals surface area contributed by atoms with Crippen LogP contribution in [-0.4, -0.2) is 32.0 Å². The lowest BCUT2D eigenvalue weighted by Crippen LogP contribution is -2.31. The maximum Gasteiger partial charge on any atom is 0.405 e. The molecule has 1 N–H and O–H groups in total. The molecule has 0 fully saturated rings. The van der Waals surface area contributed by atoms with E-state index in [1.54, 1.807) is 12.1 Å². The maximum absolute atomic E-state index is 12.4. The average Bonchev–Trinajstić information content (AvgIpc) is 2.25. The van der Waals surface area contributed by atoms with Crippen molar-refractivity contribution in [3.8, 4) is 5.75 Å². The van der Waals surface area contributed by atoms with Crippen molar-refractivity contribution in [1.29, 1.82) is 0 Å². The summed E-state index contributed by atoms with van der Waals surface area (Å²) in [6, 6.07) is 4.72. The number of hydrogen-bond donors (Lipinski definition) is 1. The fourth-order valence-corrected chi connectivity index (χ4v) is 1.82. The smallest absolute Gasteiger partial charge is 0.405 e. The molecule has 0 saturated heterocycles. The molecule has 0 aromatic heterocycles. The van der Waals surface area contributed by atoms with Crippen molar-refractivity contribution in [3.63, 3.8) is 0 Å². The molecule has 0 amide bonds. The number of halogens is 3. The molecule has 0 saturated carbocycles. The number of hydrogen-bond acceptors (Lipinski definition) is 3. The van der Waals surface area contributed by atoms with E-state index in [1.165, 1.54) is 27.1 Å². The highest BCUT2D eigenvalue weighted by molar-refractivity contribution is 5.60. The van der Waals surface area contributed by atoms with Crippen LogP contribution in [0.15, 0.2) is 18.2 Å². The average molecular weight is 263 g/mol. The van der Waals surface area contributed by atoms with Crippen LogP contribution >= 0.6 is 0 Å². The summed E-state index contributed by atoms with van der Waals surface area (Å²) in [4.78, 5) is 1.05. The maximum atomic E-state index is 12.4. The van der Waals surface area contributed by atoms with Gasteiger partial charge in [0.25, 0.3) is 0 Å². The summed E-state index contributed by atoms with van der Waals surface area (Å²) in [6.07, 6.45) is -5.21. The van der Waals surface area contributed by atoms with Gasteiger partial charge in [0.15, 0.2) is 0 Å². The second-order valence-electron chi connectivity index (χ2n) is 4.04. The summed E-state index contributed by atoms with van der Waals surface area (Å²) in [5, 5.41) is 9.68. The van der Waals surface area contributed by atoms with Gasteiger partial charge in [0.2, 0.25) is 0 Å². The Labute approximate surface area is 104 Å². The van der Waals surface area contributed by atoms with Crippen LogP contribution in [-0.2, 0) is 0 Å². The Morgan fingerprint density at radius 2 is 2.00 bits per heavy atom. The number of nitrogens with zero attached hydrogens (tertiary/aromatic N) is 1. The van der Waals surface area contributed by atoms with Gasteiger partial charge in [-0.15, -0.1) is 0 Å². The SMILES string of the molecule is COc1cccc(N(C)CC(F)(F)F)c1[C@@H](C)O. The summed E-state index contributed by atoms with van der Waals surface area (Å²) in [6.45, 7) is 0.405. The van der Waals surface area contributed by atoms with Crippen molar-refractivity contribution in [3.05, 3.63) is 23.8 Å². The van der Waals surface area contributed by atoms with Crippen LogP contribution in [0.2, 0.25) is 0 Å². The lowest BCUT2D eigenvalue weighted by atomic mass is 10.1. The van der Waals surface area contributed by atoms with E-state index in [9.17, 15) is 18.3 Å². The minimum atomic E-state index is -4.30. The zero-order valence-electron chi connectivity index (χ0n) is 10.5. The number of anilines is 1. The van der Waals surface area contributed by atoms with Crippen LogP contribution in [0.25, 0.3) is 0 Å². The van der Waals surface area contributed by atoms with Gasteiger partial charge in [-0.3, -0.25) is 0 Å². The Morgan fingerprint density at radius 1 is 1.39 bits per heavy atom. The highest BCUT2D eigenvalue weighted by Gasteiger charge is 2.30. The number of aliphatic hydroxyl groups is 1. The lowest BCUT2D eigenvalue weighted by molar-refractivity contribution is -0.119. The van der Waals surface area contributed by atoms with E-state index >= 15 is 0 Å². The molecule has 1 aromatic carbocycles. The van der Waals surface area contributed by atoms with Gasteiger partial charge in [0, 0.05) is 18.3 Å². The van der Waals surface area contributed by atoms with E-state index in [-0.39, 0.29) is 0 Å². The molecule has 0 bridgehead atoms. The second-order valence-corrected chi connectivity index (χ2v) is 4.04. The van der Waals surface area contributed by atoms with Crippen LogP contribution in [0.5, 0.6) is 5.75 Å². The highest BCUT2D eigenvalue weighted by atomic mass is 19.4. The predicted octanol–water partition coefficient (Wildman–Crippen LogP) is 2.75. The quantitative estimate of drug-likeness (QED) is 0.906. The Bertz CT molecular complexity index is 405. The van der Waals surface area contributed by atoms with Gasteiger partial charge in [-0.1, -0.05) is 6.07 Å². The van der Waals surface area contributed by atoms with Crippen molar-refractivity contribution < 1.29 is 23.0 Å². The molecule has 18 heavy (non-hydrogen) atoms. The van der Waals surface area contributed by atoms with Crippen LogP contribution in [0.1, 0.15) is 18.6 Å². The third-order valence-corrected chi connectivity index (χ3v) is 2.51. The number of benzene rings is 1. The van der Waals surface area contributed by atoms with Crippen molar-refractivity contribution in [1.82, 2.24) is 0 Å². The van der Waals surface area contributed by atoms with E-state index in [4.69, 9.17) is 4.74 Å². The molecule has 102 valence electrons. The van der Waals surface area contributed by atoms with Crippen molar-refractivity contribution >= 4 is 5.69 Å². The topological polar surface area (TPSA) is 32.7 Å². The lowest BCUT2D eigenvalue weighted by Gasteiger charge is -2.25. The summed E-state index contributed by atoms with van der Waals surface area (Å²) >= 11 is 0. The molecule has 0 spiro atoms. The number of methoxy groups -OCH3 is 1. The monoisotopic (exact) mass is 263 g/mol. The third-order valence-electron chi connectivity index (χ3n) is 2.51. The van der Waals surface area contributed by atoms with E-state index in [1.807, 2.05) is 0 Å². The van der Waals surface area contributed by atoms with Crippen LogP contribution in [0.3, 0.4) is 0 Å². The highest BCUT2D eigenvalue weighted by Crippen LogP contribution is 2.35. The zero-order valence-corrected chi connectivity index (χ0v) is 10.5. The first-order chi connectivity index (χ1) is 8.26. The van der Waals surface area contributed by atoms with Gasteiger partial charge in [-0.05, 0) is 19.1 Å². The van der Waals surface area contributed by atoms with E-state index < -0.39 is 18.8 Å². The molecule has 0 aliphatic rings. The summed E-state index contributed by atoms with van der Waals surface area (Å²) in [5.41, 5.74) is 0.661. The first-order valence-corrected chi connectivity index (χ1v) is 5.39. The van der Waals surface area contributed by atoms with Gasteiger partial charge in [0.1, 0.15) is 12.3 Å². The molecule has 3 nitrogen and oxygen atoms in total. The summed E-state index contributed by atoms with van der Waals surface area (Å²) < 4.78 is 42.2. The molecular weight excluding hydrogens is 247 g/mol. The molecular formula is C12H16F3NO2. The molecule has 1 aromatic rings. The van der Waals surface area contributed by atoms with E-state index in [0.29, 0.717) is 17.0 Å². The number of ether oxygens (including phenoxy) is 1. The van der Waals surface area contributed by atoms with Crippen LogP contribution < -0.4 is 9.64 Å². The van der Waals surface area contributed by atoms with Crippen molar-refractivity contribution in [2.75, 3.05) is 25.6 Å². The Morgan fingerprint density at radius 3 is 2.44 bits per heavy atom. The van der Waals surface area contributed by atoms with Crippen LogP contribution in [0, 0.1) is 0 Å². The van der Waals surface area contributed by atoms with Gasteiger partial charge in [-0.25, -0.2) is 0 Å². The fraction of sp³-hybridized carbons (Fsp3) is 0.500. The standard InChI is InChI=1S/C12H16F3NO2/c1-8(17)11-9(5-4-6-10(11)18-3)16(2)7-12(13,14)15/h4-6,8,17H,7H2,1-3H3/t8-/m1/s1. The van der Waals surface area contributed by atoms with Gasteiger partial charge in [-0.2, -0.15) is 13.2 Å². The predicted molar refractivity (Wildman–Crippen MR) is 63.0 cm³/mol. The first kappa shape index (κ1) is 14.6. The Balaban J connectivity index is 3.15. The second kappa shape index (κ2) is 5.48. The zero-order chi connectivity index (χ0) is 13.9. The van der Waals surface area contributed by atoms with Crippen molar-refractivity contribution in [2.45, 2.75) is 19.2 Å². The minimum Gasteiger partial charge on any atom is -0.496 e. The summed E-state index contributed by atoms with van der Waals surface area (Å²) in [5.74, 6) is 0.372. The van der Waals surface area contributed by atoms with Crippen molar-refractivity contribution in [2.24, 2.45) is 0 Å². The fourth-order valence-electron chi connectivity index (χ4n) is 1.82. The molecule has 1 atom stereocenters. The molecule has 6 heteroatoms. The molecule has 0 radical (unpaired) electrons. The molecule has 0 aliphatic heterocycles. The Kier molecular flexibility index (Phi) is 4.45. The minimum absolute atomic E-state index is 0.307. The Hall–Kier alpha value is -1.43. The summed E-state index contributed by atoms with van der Waals surface area (Å²) in [7, 11) is 2.74. The molecule has 0 unspecified atom stereocenters. The third kappa shape index (κ3) is 3.53. The largest absolute Gasteiger partial charge is 0.496 e.